The van der Waals surface area contributed by atoms with Gasteiger partial charge in [0, 0.05) is 31.7 Å². The van der Waals surface area contributed by atoms with Crippen molar-refractivity contribution in [3.63, 3.8) is 0 Å². The molecule has 1 aliphatic rings. The number of hydrogen-bond donors (Lipinski definition) is 3. The van der Waals surface area contributed by atoms with Gasteiger partial charge < -0.3 is 20.0 Å². The lowest BCUT2D eigenvalue weighted by Gasteiger charge is -2.28. The van der Waals surface area contributed by atoms with Gasteiger partial charge in [0.2, 0.25) is 0 Å². The molecule has 1 fully saturated rings. The topological polar surface area (TPSA) is 107 Å². The van der Waals surface area contributed by atoms with E-state index in [1.165, 1.54) is 0 Å². The van der Waals surface area contributed by atoms with Crippen molar-refractivity contribution in [2.75, 3.05) is 26.2 Å². The van der Waals surface area contributed by atoms with E-state index >= 15 is 0 Å². The van der Waals surface area contributed by atoms with Crippen LogP contribution in [0.2, 0.25) is 0 Å². The lowest BCUT2D eigenvalue weighted by molar-refractivity contribution is 0.0730. The Kier molecular flexibility index (Phi) is 6.26. The fourth-order valence-corrected chi connectivity index (χ4v) is 5.80. The molecule has 35 heavy (non-hydrogen) atoms. The summed E-state index contributed by atoms with van der Waals surface area (Å²) in [7, 11) is -4.95. The predicted molar refractivity (Wildman–Crippen MR) is 136 cm³/mol. The van der Waals surface area contributed by atoms with Crippen molar-refractivity contribution in [1.29, 1.82) is 0 Å². The summed E-state index contributed by atoms with van der Waals surface area (Å²) in [6.07, 6.45) is 0. The van der Waals surface area contributed by atoms with Gasteiger partial charge in [-0.2, -0.15) is 0 Å². The zero-order chi connectivity index (χ0) is 24.6. The highest BCUT2D eigenvalue weighted by atomic mass is 31.2. The zero-order valence-corrected chi connectivity index (χ0v) is 19.8. The van der Waals surface area contributed by atoms with E-state index in [1.54, 1.807) is 41.3 Å². The molecule has 4 aromatic carbocycles. The van der Waals surface area contributed by atoms with Gasteiger partial charge in [0.05, 0.1) is 5.56 Å². The van der Waals surface area contributed by atoms with E-state index in [9.17, 15) is 23.9 Å². The van der Waals surface area contributed by atoms with Gasteiger partial charge in [-0.25, -0.2) is 0 Å². The Morgan fingerprint density at radius 3 is 2.03 bits per heavy atom. The van der Waals surface area contributed by atoms with Gasteiger partial charge in [-0.15, -0.1) is 0 Å². The maximum atomic E-state index is 14.0. The molecule has 3 N–H and O–H groups in total. The molecule has 0 saturated carbocycles. The molecule has 1 atom stereocenters. The van der Waals surface area contributed by atoms with Crippen LogP contribution in [-0.4, -0.2) is 52.6 Å². The van der Waals surface area contributed by atoms with Crippen LogP contribution in [0, 0.1) is 0 Å². The number of rotatable bonds is 5. The fraction of sp³-hybridized carbons (Fsp3) is 0.185. The Morgan fingerprint density at radius 2 is 1.37 bits per heavy atom. The lowest BCUT2D eigenvalue weighted by atomic mass is 9.92. The quantitative estimate of drug-likeness (QED) is 0.288. The van der Waals surface area contributed by atoms with Gasteiger partial charge in [0.1, 0.15) is 5.66 Å². The summed E-state index contributed by atoms with van der Waals surface area (Å²) in [6.45, 7) is 2.27. The van der Waals surface area contributed by atoms with Gasteiger partial charge in [-0.05, 0) is 39.2 Å². The van der Waals surface area contributed by atoms with Crippen molar-refractivity contribution in [3.05, 3.63) is 95.6 Å². The van der Waals surface area contributed by atoms with Gasteiger partial charge in [-0.3, -0.25) is 14.2 Å². The summed E-state index contributed by atoms with van der Waals surface area (Å²) in [6, 6.07) is 22.8. The second-order valence-corrected chi connectivity index (χ2v) is 10.4. The second-order valence-electron chi connectivity index (χ2n) is 8.71. The van der Waals surface area contributed by atoms with Crippen molar-refractivity contribution in [2.45, 2.75) is 5.66 Å². The Morgan fingerprint density at radius 1 is 0.800 bits per heavy atom. The average molecular weight is 488 g/mol. The fourth-order valence-electron chi connectivity index (χ4n) is 4.77. The van der Waals surface area contributed by atoms with E-state index in [0.717, 1.165) is 16.2 Å². The number of amides is 1. The van der Waals surface area contributed by atoms with Crippen LogP contribution in [0.4, 0.5) is 0 Å². The van der Waals surface area contributed by atoms with Crippen molar-refractivity contribution in [1.82, 2.24) is 10.2 Å². The third-order valence-electron chi connectivity index (χ3n) is 6.49. The molecule has 5 rings (SSSR count). The second kappa shape index (κ2) is 9.36. The standard InChI is InChI=1S/C27H25N2O5P/c30-25(26(35(32,33)34)22-11-5-9-18-6-3-4-10-21(18)22)23-16-19-7-1-2-8-20(19)17-24(23)27(31)29-14-12-28-13-15-29/h1-11,16-17,26,28H,12-15H2,(H2,32,33,34). The third-order valence-corrected chi connectivity index (χ3v) is 7.67. The van der Waals surface area contributed by atoms with Crippen LogP contribution >= 0.6 is 7.60 Å². The number of hydrogen-bond acceptors (Lipinski definition) is 4. The van der Waals surface area contributed by atoms with E-state index < -0.39 is 19.0 Å². The molecule has 0 aromatic heterocycles. The number of piperazine rings is 1. The van der Waals surface area contributed by atoms with Crippen molar-refractivity contribution in [2.24, 2.45) is 0 Å². The van der Waals surface area contributed by atoms with Gasteiger partial charge in [-0.1, -0.05) is 66.7 Å². The summed E-state index contributed by atoms with van der Waals surface area (Å²) in [5.41, 5.74) is -1.30. The van der Waals surface area contributed by atoms with Crippen LogP contribution in [0.1, 0.15) is 31.9 Å². The first kappa shape index (κ1) is 23.4. The highest BCUT2D eigenvalue weighted by molar-refractivity contribution is 7.53. The molecular weight excluding hydrogens is 463 g/mol. The minimum absolute atomic E-state index is 0.0218. The van der Waals surface area contributed by atoms with Crippen molar-refractivity contribution >= 4 is 40.8 Å². The maximum absolute atomic E-state index is 14.0. The molecule has 178 valence electrons. The molecule has 0 bridgehead atoms. The molecule has 1 unspecified atom stereocenters. The van der Waals surface area contributed by atoms with E-state index in [2.05, 4.69) is 5.32 Å². The first-order valence-electron chi connectivity index (χ1n) is 11.4. The highest BCUT2D eigenvalue weighted by Crippen LogP contribution is 2.55. The first-order chi connectivity index (χ1) is 16.8. The molecule has 8 heteroatoms. The number of fused-ring (bicyclic) bond motifs is 2. The number of nitrogens with zero attached hydrogens (tertiary/aromatic N) is 1. The van der Waals surface area contributed by atoms with Crippen molar-refractivity contribution < 1.29 is 23.9 Å². The molecule has 1 aliphatic heterocycles. The van der Waals surface area contributed by atoms with Gasteiger partial charge in [0.25, 0.3) is 5.91 Å². The number of carbonyl (C=O) groups is 2. The number of carbonyl (C=O) groups excluding carboxylic acids is 2. The Balaban J connectivity index is 1.70. The Labute approximate surface area is 202 Å². The first-order valence-corrected chi connectivity index (χ1v) is 13.1. The van der Waals surface area contributed by atoms with Crippen LogP contribution < -0.4 is 5.32 Å². The van der Waals surface area contributed by atoms with E-state index in [-0.39, 0.29) is 22.6 Å². The SMILES string of the molecule is O=C(c1cc2ccccc2cc1C(=O)N1CCNCC1)C(c1cccc2ccccc12)P(=O)(O)O. The molecule has 1 heterocycles. The monoisotopic (exact) mass is 488 g/mol. The summed E-state index contributed by atoms with van der Waals surface area (Å²) >= 11 is 0. The average Bonchev–Trinajstić information content (AvgIpc) is 2.87. The normalized spacial score (nSPS) is 15.3. The largest absolute Gasteiger partial charge is 0.340 e. The summed E-state index contributed by atoms with van der Waals surface area (Å²) in [5, 5.41) is 6.06. The Hall–Kier alpha value is -3.35. The van der Waals surface area contributed by atoms with Crippen LogP contribution in [0.3, 0.4) is 0 Å². The third kappa shape index (κ3) is 4.51. The maximum Gasteiger partial charge on any atom is 0.340 e. The van der Waals surface area contributed by atoms with Crippen LogP contribution in [0.5, 0.6) is 0 Å². The van der Waals surface area contributed by atoms with Gasteiger partial charge in [0.15, 0.2) is 5.78 Å². The van der Waals surface area contributed by atoms with E-state index in [0.29, 0.717) is 31.6 Å². The molecular formula is C27H25N2O5P. The minimum Gasteiger partial charge on any atom is -0.336 e. The van der Waals surface area contributed by atoms with E-state index in [4.69, 9.17) is 0 Å². The summed E-state index contributed by atoms with van der Waals surface area (Å²) in [5.74, 6) is -1.08. The smallest absolute Gasteiger partial charge is 0.336 e. The van der Waals surface area contributed by atoms with E-state index in [1.807, 2.05) is 42.5 Å². The number of nitrogens with one attached hydrogen (secondary N) is 1. The number of ketones is 1. The molecule has 1 saturated heterocycles. The van der Waals surface area contributed by atoms with Gasteiger partial charge >= 0.3 is 7.60 Å². The molecule has 0 spiro atoms. The zero-order valence-electron chi connectivity index (χ0n) is 18.9. The minimum atomic E-state index is -4.95. The highest BCUT2D eigenvalue weighted by Gasteiger charge is 2.40. The molecule has 0 aliphatic carbocycles. The molecule has 0 radical (unpaired) electrons. The van der Waals surface area contributed by atoms with Crippen LogP contribution in [0.15, 0.2) is 78.9 Å². The van der Waals surface area contributed by atoms with Crippen molar-refractivity contribution in [3.8, 4) is 0 Å². The number of Topliss-reactive ketones (excluding diaryl/α,β-unsaturated/α-hetero) is 1. The molecule has 4 aromatic rings. The predicted octanol–water partition coefficient (Wildman–Crippen LogP) is 4.14. The summed E-state index contributed by atoms with van der Waals surface area (Å²) < 4.78 is 12.8. The van der Waals surface area contributed by atoms with Crippen LogP contribution in [-0.2, 0) is 4.57 Å². The molecule has 1 amide bonds. The summed E-state index contributed by atoms with van der Waals surface area (Å²) in [4.78, 5) is 50.0. The lowest BCUT2D eigenvalue weighted by Crippen LogP contribution is -2.46. The molecule has 7 nitrogen and oxygen atoms in total. The Bertz CT molecular complexity index is 1480. The van der Waals surface area contributed by atoms with Crippen LogP contribution in [0.25, 0.3) is 21.5 Å². The number of benzene rings is 4.